The molecule has 146 valence electrons. The van der Waals surface area contributed by atoms with Crippen LogP contribution in [0.25, 0.3) is 0 Å². The fourth-order valence-electron chi connectivity index (χ4n) is 2.97. The summed E-state index contributed by atoms with van der Waals surface area (Å²) in [5.74, 6) is 0.0711. The van der Waals surface area contributed by atoms with Crippen molar-refractivity contribution in [1.29, 1.82) is 5.26 Å². The third-order valence-electron chi connectivity index (χ3n) is 4.59. The molecule has 0 spiro atoms. The van der Waals surface area contributed by atoms with Crippen LogP contribution < -0.4 is 16.0 Å². The molecule has 0 unspecified atom stereocenters. The predicted molar refractivity (Wildman–Crippen MR) is 105 cm³/mol. The number of nitriles is 1. The number of rotatable bonds is 6. The van der Waals surface area contributed by atoms with Gasteiger partial charge in [-0.3, -0.25) is 19.5 Å². The Hall–Kier alpha value is -3.25. The lowest BCUT2D eigenvalue weighted by Gasteiger charge is -2.19. The number of hydrogen-bond acceptors (Lipinski definition) is 7. The Bertz CT molecular complexity index is 913. The van der Waals surface area contributed by atoms with Crippen LogP contribution in [0.5, 0.6) is 0 Å². The molecule has 1 fully saturated rings. The average Bonchev–Trinajstić information content (AvgIpc) is 3.00. The van der Waals surface area contributed by atoms with Gasteiger partial charge in [0.25, 0.3) is 0 Å². The number of carbonyl (C=O) groups is 2. The van der Waals surface area contributed by atoms with E-state index in [9.17, 15) is 14.9 Å². The molecule has 10 heteroatoms. The number of anilines is 3. The molecule has 2 aromatic rings. The van der Waals surface area contributed by atoms with E-state index in [1.807, 2.05) is 6.92 Å². The van der Waals surface area contributed by atoms with Gasteiger partial charge in [0.05, 0.1) is 24.4 Å². The van der Waals surface area contributed by atoms with Crippen LogP contribution in [0.1, 0.15) is 25.5 Å². The zero-order chi connectivity index (χ0) is 19.4. The third-order valence-corrected chi connectivity index (χ3v) is 4.59. The highest BCUT2D eigenvalue weighted by Gasteiger charge is 2.46. The molecule has 3 N–H and O–H groups in total. The quantitative estimate of drug-likeness (QED) is 0.751. The van der Waals surface area contributed by atoms with Crippen LogP contribution in [0, 0.1) is 16.7 Å². The van der Waals surface area contributed by atoms with Crippen molar-refractivity contribution in [2.45, 2.75) is 26.2 Å². The van der Waals surface area contributed by atoms with E-state index in [0.29, 0.717) is 42.5 Å². The highest BCUT2D eigenvalue weighted by atomic mass is 35.5. The monoisotopic (exact) mass is 401 g/mol. The van der Waals surface area contributed by atoms with Crippen molar-refractivity contribution < 1.29 is 9.59 Å². The molecule has 28 heavy (non-hydrogen) atoms. The number of carbonyl (C=O) groups excluding carboxylic acids is 2. The van der Waals surface area contributed by atoms with Crippen LogP contribution >= 0.6 is 12.4 Å². The molecule has 2 aromatic heterocycles. The van der Waals surface area contributed by atoms with Crippen molar-refractivity contribution >= 4 is 41.7 Å². The number of nitrogens with two attached hydrogens (primary N) is 1. The van der Waals surface area contributed by atoms with Crippen LogP contribution in [-0.2, 0) is 16.0 Å². The van der Waals surface area contributed by atoms with Gasteiger partial charge in [0.2, 0.25) is 17.8 Å². The van der Waals surface area contributed by atoms with Gasteiger partial charge < -0.3 is 11.1 Å². The van der Waals surface area contributed by atoms with Gasteiger partial charge in [-0.05, 0) is 31.0 Å². The molecule has 0 aliphatic carbocycles. The van der Waals surface area contributed by atoms with E-state index in [1.54, 1.807) is 30.6 Å². The topological polar surface area (TPSA) is 138 Å². The SMILES string of the molecule is CC[C@]1(C#N)CCN(c2ccnc(Nc3ccc(CC(N)=O)nc3)n2)C1=O.Cl. The van der Waals surface area contributed by atoms with Crippen molar-refractivity contribution in [3.05, 3.63) is 36.3 Å². The van der Waals surface area contributed by atoms with E-state index in [0.717, 1.165) is 0 Å². The van der Waals surface area contributed by atoms with E-state index < -0.39 is 11.3 Å². The minimum absolute atomic E-state index is 0. The first-order chi connectivity index (χ1) is 13.0. The second kappa shape index (κ2) is 8.63. The first-order valence-corrected chi connectivity index (χ1v) is 8.54. The van der Waals surface area contributed by atoms with E-state index in [2.05, 4.69) is 26.3 Å². The normalized spacial score (nSPS) is 18.3. The van der Waals surface area contributed by atoms with Crippen molar-refractivity contribution in [1.82, 2.24) is 15.0 Å². The number of pyridine rings is 1. The fourth-order valence-corrected chi connectivity index (χ4v) is 2.97. The van der Waals surface area contributed by atoms with Gasteiger partial charge in [-0.25, -0.2) is 4.98 Å². The Balaban J connectivity index is 0.00000280. The summed E-state index contributed by atoms with van der Waals surface area (Å²) in [6, 6.07) is 7.22. The zero-order valence-electron chi connectivity index (χ0n) is 15.3. The maximum Gasteiger partial charge on any atom is 0.248 e. The number of nitrogens with one attached hydrogen (secondary N) is 1. The molecule has 0 aromatic carbocycles. The van der Waals surface area contributed by atoms with Gasteiger partial charge in [-0.2, -0.15) is 10.2 Å². The molecular weight excluding hydrogens is 382 g/mol. The standard InChI is InChI=1S/C18H19N7O2.ClH/c1-2-18(11-19)6-8-25(16(18)27)15-5-7-21-17(24-15)23-13-4-3-12(22-10-13)9-14(20)26;/h3-5,7,10H,2,6,8-9H2,1H3,(H2,20,26)(H,21,23,24);1H/t18-;/m1./s1. The Morgan fingerprint density at radius 3 is 2.75 bits per heavy atom. The Kier molecular flexibility index (Phi) is 6.49. The summed E-state index contributed by atoms with van der Waals surface area (Å²) in [6.45, 7) is 2.28. The summed E-state index contributed by atoms with van der Waals surface area (Å²) < 4.78 is 0. The van der Waals surface area contributed by atoms with Gasteiger partial charge in [0.1, 0.15) is 11.2 Å². The second-order valence-corrected chi connectivity index (χ2v) is 6.30. The van der Waals surface area contributed by atoms with Gasteiger partial charge in [-0.1, -0.05) is 6.92 Å². The fraction of sp³-hybridized carbons (Fsp3) is 0.333. The Morgan fingerprint density at radius 2 is 2.18 bits per heavy atom. The number of amides is 2. The minimum Gasteiger partial charge on any atom is -0.369 e. The van der Waals surface area contributed by atoms with E-state index in [-0.39, 0.29) is 24.7 Å². The van der Waals surface area contributed by atoms with Gasteiger partial charge in [0, 0.05) is 18.4 Å². The molecule has 0 bridgehead atoms. The van der Waals surface area contributed by atoms with Gasteiger partial charge >= 0.3 is 0 Å². The molecule has 9 nitrogen and oxygen atoms in total. The van der Waals surface area contributed by atoms with E-state index in [4.69, 9.17) is 5.73 Å². The molecule has 1 atom stereocenters. The average molecular weight is 402 g/mol. The zero-order valence-corrected chi connectivity index (χ0v) is 16.1. The van der Waals surface area contributed by atoms with Crippen molar-refractivity contribution in [3.8, 4) is 6.07 Å². The van der Waals surface area contributed by atoms with Crippen LogP contribution in [0.15, 0.2) is 30.6 Å². The number of aromatic nitrogens is 3. The van der Waals surface area contributed by atoms with Crippen molar-refractivity contribution in [3.63, 3.8) is 0 Å². The summed E-state index contributed by atoms with van der Waals surface area (Å²) in [7, 11) is 0. The number of nitrogens with zero attached hydrogens (tertiary/aromatic N) is 5. The van der Waals surface area contributed by atoms with Crippen LogP contribution in [0.2, 0.25) is 0 Å². The summed E-state index contributed by atoms with van der Waals surface area (Å²) in [5, 5.41) is 12.4. The lowest BCUT2D eigenvalue weighted by atomic mass is 9.85. The second-order valence-electron chi connectivity index (χ2n) is 6.30. The highest BCUT2D eigenvalue weighted by Crippen LogP contribution is 2.36. The maximum atomic E-state index is 12.7. The minimum atomic E-state index is -0.973. The molecule has 1 aliphatic rings. The maximum absolute atomic E-state index is 12.7. The molecule has 3 heterocycles. The summed E-state index contributed by atoms with van der Waals surface area (Å²) in [5.41, 5.74) is 5.37. The molecule has 1 aliphatic heterocycles. The van der Waals surface area contributed by atoms with E-state index in [1.165, 1.54) is 4.90 Å². The molecule has 1 saturated heterocycles. The summed E-state index contributed by atoms with van der Waals surface area (Å²) >= 11 is 0. The van der Waals surface area contributed by atoms with Crippen LogP contribution in [-0.4, -0.2) is 33.3 Å². The van der Waals surface area contributed by atoms with Gasteiger partial charge in [-0.15, -0.1) is 12.4 Å². The molecular formula is C18H20ClN7O2. The molecule has 3 rings (SSSR count). The largest absolute Gasteiger partial charge is 0.369 e. The Labute approximate surface area is 168 Å². The lowest BCUT2D eigenvalue weighted by molar-refractivity contribution is -0.123. The molecule has 0 radical (unpaired) electrons. The highest BCUT2D eigenvalue weighted by molar-refractivity contribution is 6.01. The lowest BCUT2D eigenvalue weighted by Crippen LogP contribution is -2.33. The van der Waals surface area contributed by atoms with Gasteiger partial charge in [0.15, 0.2) is 0 Å². The summed E-state index contributed by atoms with van der Waals surface area (Å²) in [4.78, 5) is 37.8. The number of primary amides is 1. The summed E-state index contributed by atoms with van der Waals surface area (Å²) in [6.07, 6.45) is 4.12. The predicted octanol–water partition coefficient (Wildman–Crippen LogP) is 1.72. The van der Waals surface area contributed by atoms with Crippen LogP contribution in [0.3, 0.4) is 0 Å². The first-order valence-electron chi connectivity index (χ1n) is 8.54. The first kappa shape index (κ1) is 21.1. The molecule has 2 amide bonds. The Morgan fingerprint density at radius 1 is 1.39 bits per heavy atom. The number of hydrogen-bond donors (Lipinski definition) is 2. The van der Waals surface area contributed by atoms with E-state index >= 15 is 0 Å². The third kappa shape index (κ3) is 4.18. The van der Waals surface area contributed by atoms with Crippen molar-refractivity contribution in [2.75, 3.05) is 16.8 Å². The van der Waals surface area contributed by atoms with Crippen molar-refractivity contribution in [2.24, 2.45) is 11.1 Å². The smallest absolute Gasteiger partial charge is 0.248 e. The number of halogens is 1. The van der Waals surface area contributed by atoms with Crippen LogP contribution in [0.4, 0.5) is 17.5 Å². The molecule has 0 saturated carbocycles.